The Kier molecular flexibility index (Phi) is 2.78. The van der Waals surface area contributed by atoms with Gasteiger partial charge in [-0.3, -0.25) is 4.79 Å². The Morgan fingerprint density at radius 1 is 1.67 bits per heavy atom. The molecule has 1 aliphatic heterocycles. The molecule has 1 saturated heterocycles. The van der Waals surface area contributed by atoms with Crippen molar-refractivity contribution < 1.29 is 15.4 Å². The molecular formula is C8H14O2S2. The van der Waals surface area contributed by atoms with Crippen molar-refractivity contribution in [1.82, 2.24) is 0 Å². The van der Waals surface area contributed by atoms with Crippen molar-refractivity contribution >= 4 is 27.6 Å². The predicted molar refractivity (Wildman–Crippen MR) is 54.6 cm³/mol. The van der Waals surface area contributed by atoms with E-state index in [-0.39, 0.29) is 11.7 Å². The molecular weight excluding hydrogens is 192 g/mol. The van der Waals surface area contributed by atoms with Gasteiger partial charge in [0, 0.05) is 22.9 Å². The van der Waals surface area contributed by atoms with Gasteiger partial charge in [-0.15, -0.1) is 0 Å². The molecule has 0 aromatic heterocycles. The zero-order chi connectivity index (χ0) is 12.4. The Bertz CT molecular complexity index is 267. The van der Waals surface area contributed by atoms with Crippen LogP contribution in [-0.4, -0.2) is 22.1 Å². The Balaban J connectivity index is 2.62. The molecule has 0 aliphatic carbocycles. The highest BCUT2D eigenvalue weighted by molar-refractivity contribution is 8.77. The van der Waals surface area contributed by atoms with E-state index in [2.05, 4.69) is 0 Å². The fraction of sp³-hybridized carbons (Fsp3) is 0.875. The lowest BCUT2D eigenvalue weighted by atomic mass is 10.1. The van der Waals surface area contributed by atoms with E-state index in [0.29, 0.717) is 0 Å². The van der Waals surface area contributed by atoms with Crippen LogP contribution < -0.4 is 0 Å². The van der Waals surface area contributed by atoms with E-state index in [1.165, 1.54) is 0 Å². The highest BCUT2D eigenvalue weighted by Gasteiger charge is 2.15. The van der Waals surface area contributed by atoms with Crippen LogP contribution in [0.25, 0.3) is 0 Å². The molecule has 2 nitrogen and oxygen atoms in total. The van der Waals surface area contributed by atoms with E-state index in [9.17, 15) is 4.79 Å². The molecule has 1 N–H and O–H groups in total. The third-order valence-corrected chi connectivity index (χ3v) is 4.36. The quantitative estimate of drug-likeness (QED) is 0.708. The molecule has 0 aromatic carbocycles. The topological polar surface area (TPSA) is 37.3 Å². The lowest BCUT2D eigenvalue weighted by molar-refractivity contribution is -0.137. The monoisotopic (exact) mass is 210 g/mol. The second-order valence-electron chi connectivity index (χ2n) is 2.46. The number of carboxylic acids is 1. The largest absolute Gasteiger partial charge is 0.481 e. The smallest absolute Gasteiger partial charge is 0.303 e. The van der Waals surface area contributed by atoms with Crippen molar-refractivity contribution in [3.8, 4) is 0 Å². The second kappa shape index (κ2) is 5.75. The van der Waals surface area contributed by atoms with Gasteiger partial charge in [-0.1, -0.05) is 28.0 Å². The summed E-state index contributed by atoms with van der Waals surface area (Å²) in [7, 11) is 3.23. The van der Waals surface area contributed by atoms with Crippen molar-refractivity contribution in [2.45, 2.75) is 37.3 Å². The molecule has 1 aliphatic rings. The summed E-state index contributed by atoms with van der Waals surface area (Å²) in [4.78, 5) is 10.5. The van der Waals surface area contributed by atoms with Crippen LogP contribution in [0.4, 0.5) is 0 Å². The highest BCUT2D eigenvalue weighted by atomic mass is 33.1. The number of carboxylic acid groups (broad SMARTS) is 1. The van der Waals surface area contributed by atoms with Gasteiger partial charge in [-0.2, -0.15) is 0 Å². The molecule has 0 unspecified atom stereocenters. The van der Waals surface area contributed by atoms with E-state index >= 15 is 0 Å². The van der Waals surface area contributed by atoms with E-state index < -0.39 is 25.1 Å². The average molecular weight is 210 g/mol. The van der Waals surface area contributed by atoms with E-state index in [4.69, 9.17) is 10.6 Å². The summed E-state index contributed by atoms with van der Waals surface area (Å²) in [6.45, 7) is 0. The van der Waals surface area contributed by atoms with Crippen molar-refractivity contribution in [1.29, 1.82) is 0 Å². The molecule has 0 spiro atoms. The molecule has 1 rings (SSSR count). The fourth-order valence-electron chi connectivity index (χ4n) is 0.832. The molecule has 4 heteroatoms. The Labute approximate surface area is 86.5 Å². The normalized spacial score (nSPS) is 30.2. The van der Waals surface area contributed by atoms with Crippen molar-refractivity contribution in [3.63, 3.8) is 0 Å². The van der Waals surface area contributed by atoms with Gasteiger partial charge in [0.15, 0.2) is 0 Å². The highest BCUT2D eigenvalue weighted by Crippen LogP contribution is 2.39. The maximum absolute atomic E-state index is 10.5. The van der Waals surface area contributed by atoms with Crippen LogP contribution in [0.1, 0.15) is 37.5 Å². The second-order valence-corrected chi connectivity index (χ2v) is 5.24. The van der Waals surface area contributed by atoms with E-state index in [1.54, 1.807) is 21.6 Å². The molecule has 70 valence electrons. The zero-order valence-corrected chi connectivity index (χ0v) is 8.21. The summed E-state index contributed by atoms with van der Waals surface area (Å²) in [5.41, 5.74) is 0. The Morgan fingerprint density at radius 2 is 2.50 bits per heavy atom. The SMILES string of the molecule is [2H]C([2H])(CC(=O)O)C([2H])([2H])C[C@@H]1CCSS1. The molecule has 1 atom stereocenters. The maximum atomic E-state index is 10.5. The summed E-state index contributed by atoms with van der Waals surface area (Å²) in [6.07, 6.45) is -4.26. The van der Waals surface area contributed by atoms with Crippen molar-refractivity contribution in [3.05, 3.63) is 0 Å². The van der Waals surface area contributed by atoms with Crippen LogP contribution >= 0.6 is 21.6 Å². The van der Waals surface area contributed by atoms with Crippen LogP contribution in [0, 0.1) is 0 Å². The van der Waals surface area contributed by atoms with Crippen molar-refractivity contribution in [2.24, 2.45) is 0 Å². The average Bonchev–Trinajstić information content (AvgIpc) is 2.52. The van der Waals surface area contributed by atoms with Gasteiger partial charge >= 0.3 is 5.97 Å². The number of aliphatic carboxylic acids is 1. The molecule has 0 amide bonds. The standard InChI is InChI=1S/C8H14O2S2/c9-8(10)4-2-1-3-7-5-6-11-12-7/h7H,1-6H2,(H,9,10)/t7-/m1/s1/i1D2,2D2. The number of hydrogen-bond acceptors (Lipinski definition) is 3. The van der Waals surface area contributed by atoms with Crippen LogP contribution in [0.2, 0.25) is 0 Å². The van der Waals surface area contributed by atoms with Crippen LogP contribution in [0.15, 0.2) is 0 Å². The first-order valence-electron chi connectivity index (χ1n) is 5.75. The first kappa shape index (κ1) is 5.81. The molecule has 12 heavy (non-hydrogen) atoms. The minimum absolute atomic E-state index is 0.0744. The fourth-order valence-corrected chi connectivity index (χ4v) is 3.66. The van der Waals surface area contributed by atoms with Gasteiger partial charge in [-0.05, 0) is 19.2 Å². The van der Waals surface area contributed by atoms with E-state index in [1.807, 2.05) is 0 Å². The minimum atomic E-state index is -2.31. The maximum Gasteiger partial charge on any atom is 0.303 e. The van der Waals surface area contributed by atoms with Gasteiger partial charge in [0.25, 0.3) is 0 Å². The summed E-state index contributed by atoms with van der Waals surface area (Å²) in [5, 5.41) is 8.64. The van der Waals surface area contributed by atoms with Crippen molar-refractivity contribution in [2.75, 3.05) is 5.75 Å². The van der Waals surface area contributed by atoms with Gasteiger partial charge in [0.2, 0.25) is 0 Å². The molecule has 0 saturated carbocycles. The molecule has 0 bridgehead atoms. The lowest BCUT2D eigenvalue weighted by Crippen LogP contribution is -1.99. The summed E-state index contributed by atoms with van der Waals surface area (Å²) in [6, 6.07) is 0. The van der Waals surface area contributed by atoms with Crippen LogP contribution in [0.3, 0.4) is 0 Å². The number of rotatable bonds is 5. The van der Waals surface area contributed by atoms with Crippen LogP contribution in [-0.2, 0) is 4.79 Å². The first-order chi connectivity index (χ1) is 7.24. The van der Waals surface area contributed by atoms with Gasteiger partial charge in [0.05, 0.1) is 0 Å². The Morgan fingerprint density at radius 3 is 3.08 bits per heavy atom. The van der Waals surface area contributed by atoms with E-state index in [0.717, 1.165) is 12.2 Å². The zero-order valence-electron chi connectivity index (χ0n) is 10.6. The van der Waals surface area contributed by atoms with Gasteiger partial charge < -0.3 is 5.11 Å². The first-order valence-corrected chi connectivity index (χ1v) is 6.13. The number of carbonyl (C=O) groups is 1. The molecule has 1 fully saturated rings. The molecule has 0 radical (unpaired) electrons. The molecule has 0 aromatic rings. The predicted octanol–water partition coefficient (Wildman–Crippen LogP) is 2.79. The van der Waals surface area contributed by atoms with Gasteiger partial charge in [-0.25, -0.2) is 0 Å². The molecule has 1 heterocycles. The Hall–Kier alpha value is 0.170. The lowest BCUT2D eigenvalue weighted by Gasteiger charge is -2.04. The number of hydrogen-bond donors (Lipinski definition) is 1. The van der Waals surface area contributed by atoms with Gasteiger partial charge in [0.1, 0.15) is 0 Å². The minimum Gasteiger partial charge on any atom is -0.481 e. The third-order valence-electron chi connectivity index (χ3n) is 1.42. The third kappa shape index (κ3) is 4.26. The summed E-state index contributed by atoms with van der Waals surface area (Å²) in [5.74, 6) is -0.352. The summed E-state index contributed by atoms with van der Waals surface area (Å²) < 4.78 is 30.4. The van der Waals surface area contributed by atoms with Crippen LogP contribution in [0.5, 0.6) is 0 Å². The summed E-state index contributed by atoms with van der Waals surface area (Å²) >= 11 is 0.